The van der Waals surface area contributed by atoms with Gasteiger partial charge >= 0.3 is 12.2 Å². The molecule has 2 aliphatic rings. The van der Waals surface area contributed by atoms with Crippen LogP contribution < -0.4 is 15.8 Å². The molecule has 2 aliphatic heterocycles. The van der Waals surface area contributed by atoms with Gasteiger partial charge in [0.25, 0.3) is 5.56 Å². The Hall–Kier alpha value is -3.64. The molecule has 9 nitrogen and oxygen atoms in total. The summed E-state index contributed by atoms with van der Waals surface area (Å²) in [5.74, 6) is 0.225. The number of halogens is 4. The number of nitrogens with zero attached hydrogens (tertiary/aromatic N) is 5. The van der Waals surface area contributed by atoms with Crippen LogP contribution in [-0.2, 0) is 13.2 Å². The number of urea groups is 1. The number of nitrogens with one attached hydrogen (secondary N) is 2. The third kappa shape index (κ3) is 4.16. The van der Waals surface area contributed by atoms with Gasteiger partial charge in [0, 0.05) is 44.6 Å². The van der Waals surface area contributed by atoms with E-state index in [-0.39, 0.29) is 11.4 Å². The molecule has 2 amide bonds. The molecule has 1 atom stereocenters. The summed E-state index contributed by atoms with van der Waals surface area (Å²) in [6, 6.07) is 0.0732. The molecular formula is C23H25F4N7O2. The van der Waals surface area contributed by atoms with Crippen LogP contribution in [0.5, 0.6) is 0 Å². The van der Waals surface area contributed by atoms with Crippen molar-refractivity contribution in [2.45, 2.75) is 37.9 Å². The Morgan fingerprint density at radius 3 is 2.69 bits per heavy atom. The van der Waals surface area contributed by atoms with Gasteiger partial charge in [-0.05, 0) is 31.2 Å². The summed E-state index contributed by atoms with van der Waals surface area (Å²) in [4.78, 5) is 40.7. The summed E-state index contributed by atoms with van der Waals surface area (Å²) in [6.45, 7) is 3.51. The first kappa shape index (κ1) is 24.1. The van der Waals surface area contributed by atoms with Crippen molar-refractivity contribution in [3.05, 3.63) is 46.4 Å². The van der Waals surface area contributed by atoms with Crippen LogP contribution in [0.2, 0.25) is 0 Å². The average Bonchev–Trinajstić information content (AvgIpc) is 3.35. The molecule has 0 unspecified atom stereocenters. The maximum atomic E-state index is 14.0. The first-order valence-corrected chi connectivity index (χ1v) is 11.6. The zero-order chi connectivity index (χ0) is 25.8. The zero-order valence-corrected chi connectivity index (χ0v) is 19.7. The van der Waals surface area contributed by atoms with E-state index in [9.17, 15) is 27.2 Å². The number of aromatic nitrogens is 4. The van der Waals surface area contributed by atoms with Gasteiger partial charge in [-0.25, -0.2) is 19.2 Å². The Kier molecular flexibility index (Phi) is 5.67. The lowest BCUT2D eigenvalue weighted by atomic mass is 9.83. The highest BCUT2D eigenvalue weighted by molar-refractivity contribution is 5.90. The SMILES string of the molecule is C[C@@H]1CN(C(=O)Nc2cc(C(F)(F)F)cn(C)c2=O)C2(CCN(c3cnc4[nH]cc(F)c4n3)CC2)C1. The van der Waals surface area contributed by atoms with Crippen molar-refractivity contribution in [1.82, 2.24) is 24.4 Å². The molecule has 2 fully saturated rings. The number of carbonyl (C=O) groups is 1. The van der Waals surface area contributed by atoms with Crippen molar-refractivity contribution in [3.8, 4) is 0 Å². The molecule has 2 saturated heterocycles. The van der Waals surface area contributed by atoms with E-state index in [1.807, 2.05) is 11.8 Å². The predicted molar refractivity (Wildman–Crippen MR) is 124 cm³/mol. The Morgan fingerprint density at radius 2 is 2.00 bits per heavy atom. The van der Waals surface area contributed by atoms with Crippen molar-refractivity contribution in [1.29, 1.82) is 0 Å². The molecule has 5 rings (SSSR count). The van der Waals surface area contributed by atoms with E-state index >= 15 is 0 Å². The Labute approximate surface area is 203 Å². The van der Waals surface area contributed by atoms with Crippen LogP contribution in [0, 0.1) is 11.7 Å². The molecule has 0 aliphatic carbocycles. The van der Waals surface area contributed by atoms with Crippen LogP contribution in [0.25, 0.3) is 11.2 Å². The topological polar surface area (TPSA) is 99.1 Å². The summed E-state index contributed by atoms with van der Waals surface area (Å²) in [5.41, 5.74) is -2.15. The van der Waals surface area contributed by atoms with Crippen LogP contribution in [0.4, 0.5) is 33.9 Å². The standard InChI is InChI=1S/C23H25F4N7O2/c1-13-8-22(3-5-33(6-4-22)17-10-29-19-18(31-17)15(24)9-28-19)34(11-13)21(36)30-16-7-14(23(25,26)27)12-32(2)20(16)35/h7,9-10,12-13H,3-6,8,11H2,1-2H3,(H,28,29)(H,30,36)/t13-/m0/s1. The smallest absolute Gasteiger partial charge is 0.355 e. The van der Waals surface area contributed by atoms with Crippen LogP contribution in [0.1, 0.15) is 31.7 Å². The van der Waals surface area contributed by atoms with Crippen LogP contribution in [0.3, 0.4) is 0 Å². The molecule has 1 spiro atoms. The number of rotatable bonds is 2. The molecule has 3 aromatic rings. The van der Waals surface area contributed by atoms with E-state index in [1.165, 1.54) is 13.2 Å². The highest BCUT2D eigenvalue weighted by atomic mass is 19.4. The molecule has 3 aromatic heterocycles. The van der Waals surface area contributed by atoms with Gasteiger partial charge in [-0.15, -0.1) is 0 Å². The molecule has 0 bridgehead atoms. The fourth-order valence-corrected chi connectivity index (χ4v) is 5.40. The number of H-pyrrole nitrogens is 1. The summed E-state index contributed by atoms with van der Waals surface area (Å²) >= 11 is 0. The molecule has 0 radical (unpaired) electrons. The number of hydrogen-bond donors (Lipinski definition) is 2. The second-order valence-corrected chi connectivity index (χ2v) is 9.68. The van der Waals surface area contributed by atoms with E-state index in [1.54, 1.807) is 11.1 Å². The molecule has 2 N–H and O–H groups in total. The van der Waals surface area contributed by atoms with Gasteiger partial charge in [-0.3, -0.25) is 4.79 Å². The van der Waals surface area contributed by atoms with Crippen molar-refractivity contribution in [2.75, 3.05) is 29.9 Å². The molecule has 13 heteroatoms. The molecular weight excluding hydrogens is 482 g/mol. The van der Waals surface area contributed by atoms with E-state index in [0.717, 1.165) is 11.0 Å². The first-order valence-electron chi connectivity index (χ1n) is 11.6. The quantitative estimate of drug-likeness (QED) is 0.515. The lowest BCUT2D eigenvalue weighted by Crippen LogP contribution is -2.55. The summed E-state index contributed by atoms with van der Waals surface area (Å²) in [5, 5.41) is 2.44. The Bertz CT molecular complexity index is 1380. The molecule has 0 aromatic carbocycles. The maximum Gasteiger partial charge on any atom is 0.417 e. The van der Waals surface area contributed by atoms with E-state index in [4.69, 9.17) is 0 Å². The zero-order valence-electron chi connectivity index (χ0n) is 19.7. The van der Waals surface area contributed by atoms with Gasteiger partial charge in [0.15, 0.2) is 11.5 Å². The highest BCUT2D eigenvalue weighted by Crippen LogP contribution is 2.42. The second-order valence-electron chi connectivity index (χ2n) is 9.68. The van der Waals surface area contributed by atoms with E-state index < -0.39 is 40.4 Å². The minimum absolute atomic E-state index is 0.158. The maximum absolute atomic E-state index is 14.0. The lowest BCUT2D eigenvalue weighted by Gasteiger charge is -2.45. The van der Waals surface area contributed by atoms with Crippen molar-refractivity contribution in [3.63, 3.8) is 0 Å². The largest absolute Gasteiger partial charge is 0.417 e. The molecule has 192 valence electrons. The number of piperidine rings is 1. The van der Waals surface area contributed by atoms with Crippen LogP contribution in [-0.4, -0.2) is 55.6 Å². The number of aryl methyl sites for hydroxylation is 1. The fourth-order valence-electron chi connectivity index (χ4n) is 5.40. The molecule has 36 heavy (non-hydrogen) atoms. The van der Waals surface area contributed by atoms with Gasteiger partial charge < -0.3 is 24.7 Å². The Balaban J connectivity index is 1.35. The number of fused-ring (bicyclic) bond motifs is 1. The van der Waals surface area contributed by atoms with Gasteiger partial charge in [0.05, 0.1) is 11.8 Å². The average molecular weight is 507 g/mol. The Morgan fingerprint density at radius 1 is 1.28 bits per heavy atom. The highest BCUT2D eigenvalue weighted by Gasteiger charge is 2.48. The number of pyridine rings is 1. The number of alkyl halides is 3. The van der Waals surface area contributed by atoms with Gasteiger partial charge in [0.1, 0.15) is 17.0 Å². The summed E-state index contributed by atoms with van der Waals surface area (Å²) in [6.07, 6.45) is 0.714. The number of hydrogen-bond acceptors (Lipinski definition) is 5. The first-order chi connectivity index (χ1) is 17.0. The molecule has 5 heterocycles. The summed E-state index contributed by atoms with van der Waals surface area (Å²) < 4.78 is 54.5. The minimum atomic E-state index is -4.66. The number of carbonyl (C=O) groups excluding carboxylic acids is 1. The lowest BCUT2D eigenvalue weighted by molar-refractivity contribution is -0.138. The number of anilines is 2. The minimum Gasteiger partial charge on any atom is -0.355 e. The summed E-state index contributed by atoms with van der Waals surface area (Å²) in [7, 11) is 1.21. The van der Waals surface area contributed by atoms with Gasteiger partial charge in [0.2, 0.25) is 0 Å². The third-order valence-electron chi connectivity index (χ3n) is 7.13. The predicted octanol–water partition coefficient (Wildman–Crippen LogP) is 3.73. The van der Waals surface area contributed by atoms with E-state index in [0.29, 0.717) is 56.2 Å². The van der Waals surface area contributed by atoms with Gasteiger partial charge in [-0.2, -0.15) is 13.2 Å². The third-order valence-corrected chi connectivity index (χ3v) is 7.13. The van der Waals surface area contributed by atoms with E-state index in [2.05, 4.69) is 20.3 Å². The number of aromatic amines is 1. The van der Waals surface area contributed by atoms with Crippen LogP contribution in [0.15, 0.2) is 29.5 Å². The molecule has 0 saturated carbocycles. The number of amides is 2. The van der Waals surface area contributed by atoms with Crippen LogP contribution >= 0.6 is 0 Å². The monoisotopic (exact) mass is 507 g/mol. The van der Waals surface area contributed by atoms with Crippen molar-refractivity contribution < 1.29 is 22.4 Å². The second kappa shape index (κ2) is 8.49. The fraction of sp³-hybridized carbons (Fsp3) is 0.478. The van der Waals surface area contributed by atoms with Crippen molar-refractivity contribution >= 4 is 28.7 Å². The van der Waals surface area contributed by atoms with Crippen molar-refractivity contribution in [2.24, 2.45) is 13.0 Å². The number of likely N-dealkylation sites (tertiary alicyclic amines) is 1. The normalized spacial score (nSPS) is 19.9. The van der Waals surface area contributed by atoms with Gasteiger partial charge in [-0.1, -0.05) is 6.92 Å².